The van der Waals surface area contributed by atoms with Crippen molar-refractivity contribution < 1.29 is 22.7 Å². The molecule has 2 aliphatic heterocycles. The summed E-state index contributed by atoms with van der Waals surface area (Å²) in [6.07, 6.45) is 9.82. The fourth-order valence-electron chi connectivity index (χ4n) is 4.58. The minimum atomic E-state index is -4.06. The van der Waals surface area contributed by atoms with E-state index in [9.17, 15) is 18.0 Å². The van der Waals surface area contributed by atoms with Crippen molar-refractivity contribution in [3.8, 4) is 0 Å². The Bertz CT molecular complexity index is 933. The third-order valence-electron chi connectivity index (χ3n) is 6.45. The van der Waals surface area contributed by atoms with Crippen LogP contribution >= 0.6 is 0 Å². The smallest absolute Gasteiger partial charge is 0.381 e. The molecule has 0 spiro atoms. The van der Waals surface area contributed by atoms with E-state index in [1.54, 1.807) is 11.1 Å². The van der Waals surface area contributed by atoms with Gasteiger partial charge in [0.05, 0.1) is 31.1 Å². The number of fused-ring (bicyclic) bond motifs is 2. The summed E-state index contributed by atoms with van der Waals surface area (Å²) >= 11 is 0. The van der Waals surface area contributed by atoms with Crippen molar-refractivity contribution in [2.24, 2.45) is 0 Å². The monoisotopic (exact) mass is 506 g/mol. The van der Waals surface area contributed by atoms with Crippen molar-refractivity contribution in [2.75, 3.05) is 37.0 Å². The molecule has 1 saturated heterocycles. The molecule has 2 N–H and O–H groups in total. The van der Waals surface area contributed by atoms with Crippen LogP contribution < -0.4 is 15.5 Å². The third kappa shape index (κ3) is 8.78. The zero-order valence-corrected chi connectivity index (χ0v) is 20.9. The van der Waals surface area contributed by atoms with E-state index >= 15 is 0 Å². The Kier molecular flexibility index (Phi) is 11.0. The molecule has 36 heavy (non-hydrogen) atoms. The number of benzene rings is 1. The van der Waals surface area contributed by atoms with E-state index in [4.69, 9.17) is 4.74 Å². The van der Waals surface area contributed by atoms with Crippen LogP contribution in [0.25, 0.3) is 0 Å². The predicted octanol–water partition coefficient (Wildman–Crippen LogP) is 6.30. The Morgan fingerprint density at radius 2 is 1.86 bits per heavy atom. The summed E-state index contributed by atoms with van der Waals surface area (Å²) in [7, 11) is 1.26. The molecular weight excluding hydrogens is 469 g/mol. The number of nitrogens with one attached hydrogen (secondary N) is 2. The zero-order valence-electron chi connectivity index (χ0n) is 20.9. The maximum atomic E-state index is 11.6. The number of aromatic nitrogens is 1. The molecule has 0 bridgehead atoms. The molecular formula is C27H37F3N4O2. The molecule has 1 unspecified atom stereocenters. The first-order chi connectivity index (χ1) is 17.4. The SMILES string of the molecule is C1CCCCC1.CNCC(F)(F)F.O=CN1Cc2cccnc2Nc2ccc(C3CCCOC3)cc21. The Morgan fingerprint density at radius 1 is 1.14 bits per heavy atom. The van der Waals surface area contributed by atoms with Crippen molar-refractivity contribution in [1.29, 1.82) is 0 Å². The first-order valence-corrected chi connectivity index (χ1v) is 12.8. The fraction of sp³-hybridized carbons (Fsp3) is 0.556. The Labute approximate surface area is 211 Å². The van der Waals surface area contributed by atoms with Gasteiger partial charge in [0.25, 0.3) is 0 Å². The fourth-order valence-corrected chi connectivity index (χ4v) is 4.58. The molecule has 1 aliphatic carbocycles. The number of alkyl halides is 3. The van der Waals surface area contributed by atoms with E-state index in [2.05, 4.69) is 22.4 Å². The number of hydrogen-bond donors (Lipinski definition) is 2. The van der Waals surface area contributed by atoms with Gasteiger partial charge in [0.1, 0.15) is 5.82 Å². The molecule has 1 aromatic heterocycles. The number of carbonyl (C=O) groups excluding carboxylic acids is 1. The lowest BCUT2D eigenvalue weighted by Gasteiger charge is -2.25. The van der Waals surface area contributed by atoms with Crippen LogP contribution in [0.15, 0.2) is 36.5 Å². The first kappa shape index (κ1) is 27.9. The van der Waals surface area contributed by atoms with E-state index in [-0.39, 0.29) is 0 Å². The van der Waals surface area contributed by atoms with E-state index in [0.29, 0.717) is 12.5 Å². The molecule has 2 fully saturated rings. The van der Waals surface area contributed by atoms with Gasteiger partial charge in [-0.2, -0.15) is 13.2 Å². The van der Waals surface area contributed by atoms with Gasteiger partial charge < -0.3 is 20.3 Å². The van der Waals surface area contributed by atoms with Crippen LogP contribution in [0.3, 0.4) is 0 Å². The van der Waals surface area contributed by atoms with Crippen molar-refractivity contribution in [2.45, 2.75) is 70.0 Å². The predicted molar refractivity (Wildman–Crippen MR) is 137 cm³/mol. The van der Waals surface area contributed by atoms with Crippen LogP contribution in [0.1, 0.15) is 68.4 Å². The Morgan fingerprint density at radius 3 is 2.42 bits per heavy atom. The quantitative estimate of drug-likeness (QED) is 0.478. The van der Waals surface area contributed by atoms with E-state index in [1.807, 2.05) is 23.5 Å². The lowest BCUT2D eigenvalue weighted by atomic mass is 9.93. The molecule has 1 atom stereocenters. The summed E-state index contributed by atoms with van der Waals surface area (Å²) in [5.74, 6) is 1.22. The number of rotatable bonds is 3. The summed E-state index contributed by atoms with van der Waals surface area (Å²) in [6.45, 7) is 1.23. The molecule has 1 amide bonds. The summed E-state index contributed by atoms with van der Waals surface area (Å²) in [5, 5.41) is 5.34. The van der Waals surface area contributed by atoms with Crippen LogP contribution in [-0.4, -0.2) is 44.4 Å². The maximum Gasteiger partial charge on any atom is 0.401 e. The molecule has 1 saturated carbocycles. The van der Waals surface area contributed by atoms with Gasteiger partial charge in [0, 0.05) is 24.3 Å². The summed E-state index contributed by atoms with van der Waals surface area (Å²) in [6, 6.07) is 10.2. The molecule has 3 heterocycles. The standard InChI is InChI=1S/C18H19N3O2.C6H12.C3H6F3N/c22-12-21-10-14-3-1-7-19-18(14)20-16-6-5-13(9-17(16)21)15-4-2-8-23-11-15;1-2-4-6-5-3-1;1-7-2-3(4,5)6/h1,3,5-7,9,12,15H,2,4,8,10-11H2,(H,19,20);1-6H2;7H,2H2,1H3. The number of halogens is 3. The van der Waals surface area contributed by atoms with Crippen LogP contribution in [0.2, 0.25) is 0 Å². The highest BCUT2D eigenvalue weighted by atomic mass is 19.4. The average Bonchev–Trinajstić information content (AvgIpc) is 3.06. The van der Waals surface area contributed by atoms with Gasteiger partial charge in [0.15, 0.2) is 0 Å². The summed E-state index contributed by atoms with van der Waals surface area (Å²) in [5.41, 5.74) is 4.06. The molecule has 198 valence electrons. The molecule has 9 heteroatoms. The number of anilines is 3. The Balaban J connectivity index is 0.000000229. The molecule has 6 nitrogen and oxygen atoms in total. The summed E-state index contributed by atoms with van der Waals surface area (Å²) < 4.78 is 38.6. The topological polar surface area (TPSA) is 66.5 Å². The first-order valence-electron chi connectivity index (χ1n) is 12.8. The number of carbonyl (C=O) groups is 1. The largest absolute Gasteiger partial charge is 0.401 e. The molecule has 1 aromatic carbocycles. The van der Waals surface area contributed by atoms with Crippen LogP contribution in [0, 0.1) is 0 Å². The third-order valence-corrected chi connectivity index (χ3v) is 6.45. The number of ether oxygens (including phenoxy) is 1. The van der Waals surface area contributed by atoms with Gasteiger partial charge in [0.2, 0.25) is 6.41 Å². The second-order valence-electron chi connectivity index (χ2n) is 9.33. The number of pyridine rings is 1. The molecule has 0 radical (unpaired) electrons. The Hall–Kier alpha value is -2.65. The highest BCUT2D eigenvalue weighted by Crippen LogP contribution is 2.37. The van der Waals surface area contributed by atoms with Gasteiger partial charge in [-0.15, -0.1) is 0 Å². The van der Waals surface area contributed by atoms with Crippen molar-refractivity contribution in [3.63, 3.8) is 0 Å². The van der Waals surface area contributed by atoms with Crippen molar-refractivity contribution in [3.05, 3.63) is 47.7 Å². The van der Waals surface area contributed by atoms with E-state index < -0.39 is 12.7 Å². The van der Waals surface area contributed by atoms with E-state index in [0.717, 1.165) is 55.2 Å². The lowest BCUT2D eigenvalue weighted by molar-refractivity contribution is -0.123. The van der Waals surface area contributed by atoms with Gasteiger partial charge >= 0.3 is 6.18 Å². The molecule has 3 aliphatic rings. The van der Waals surface area contributed by atoms with Gasteiger partial charge in [-0.1, -0.05) is 50.7 Å². The highest BCUT2D eigenvalue weighted by molar-refractivity contribution is 5.87. The second-order valence-corrected chi connectivity index (χ2v) is 9.33. The number of hydrogen-bond acceptors (Lipinski definition) is 5. The maximum absolute atomic E-state index is 11.6. The lowest BCUT2D eigenvalue weighted by Crippen LogP contribution is -2.25. The summed E-state index contributed by atoms with van der Waals surface area (Å²) in [4.78, 5) is 17.8. The van der Waals surface area contributed by atoms with Crippen molar-refractivity contribution in [1.82, 2.24) is 10.3 Å². The van der Waals surface area contributed by atoms with Gasteiger partial charge in [-0.3, -0.25) is 4.79 Å². The number of amides is 1. The highest BCUT2D eigenvalue weighted by Gasteiger charge is 2.25. The van der Waals surface area contributed by atoms with Crippen LogP contribution in [0.5, 0.6) is 0 Å². The number of nitrogens with zero attached hydrogens (tertiary/aromatic N) is 2. The van der Waals surface area contributed by atoms with Gasteiger partial charge in [-0.25, -0.2) is 4.98 Å². The van der Waals surface area contributed by atoms with Gasteiger partial charge in [-0.05, 0) is 43.7 Å². The van der Waals surface area contributed by atoms with Crippen molar-refractivity contribution >= 4 is 23.6 Å². The van der Waals surface area contributed by atoms with Crippen LogP contribution in [-0.2, 0) is 16.1 Å². The minimum Gasteiger partial charge on any atom is -0.381 e. The van der Waals surface area contributed by atoms with Crippen LogP contribution in [0.4, 0.5) is 30.4 Å². The second kappa shape index (κ2) is 14.2. The zero-order chi connectivity index (χ0) is 25.8. The molecule has 5 rings (SSSR count). The normalized spacial score (nSPS) is 19.1. The minimum absolute atomic E-state index is 0.409. The average molecular weight is 507 g/mol. The molecule has 2 aromatic rings. The van der Waals surface area contributed by atoms with E-state index in [1.165, 1.54) is 51.1 Å².